The first kappa shape index (κ1) is 18.9. The van der Waals surface area contributed by atoms with Crippen LogP contribution >= 0.6 is 15.9 Å². The van der Waals surface area contributed by atoms with E-state index in [1.54, 1.807) is 6.92 Å². The molecule has 0 radical (unpaired) electrons. The Morgan fingerprint density at radius 3 is 2.55 bits per heavy atom. The number of esters is 1. The summed E-state index contributed by atoms with van der Waals surface area (Å²) < 4.78 is 37.8. The summed E-state index contributed by atoms with van der Waals surface area (Å²) in [5.41, 5.74) is -0.757. The molecule has 0 N–H and O–H groups in total. The number of ether oxygens (including phenoxy) is 2. The van der Waals surface area contributed by atoms with Crippen molar-refractivity contribution in [1.29, 1.82) is 0 Å². The number of hydrogen-bond acceptors (Lipinski definition) is 3. The maximum absolute atomic E-state index is 13.9. The summed E-state index contributed by atoms with van der Waals surface area (Å²) in [6, 6.07) is 2.60. The summed E-state index contributed by atoms with van der Waals surface area (Å²) in [6.45, 7) is 4.77. The van der Waals surface area contributed by atoms with Gasteiger partial charge in [0.1, 0.15) is 0 Å². The van der Waals surface area contributed by atoms with Crippen LogP contribution in [0.25, 0.3) is 0 Å². The quantitative estimate of drug-likeness (QED) is 0.382. The highest BCUT2D eigenvalue weighted by Gasteiger charge is 2.33. The van der Waals surface area contributed by atoms with Crippen LogP contribution in [-0.4, -0.2) is 23.5 Å². The molecule has 22 heavy (non-hydrogen) atoms. The normalized spacial score (nSPS) is 11.4. The molecule has 0 fully saturated rings. The van der Waals surface area contributed by atoms with Crippen molar-refractivity contribution in [2.24, 2.45) is 0 Å². The predicted molar refractivity (Wildman–Crippen MR) is 84.4 cm³/mol. The molecular formula is C16H21BrF2O3. The third kappa shape index (κ3) is 5.23. The van der Waals surface area contributed by atoms with Crippen molar-refractivity contribution in [2.45, 2.75) is 45.6 Å². The van der Waals surface area contributed by atoms with Crippen molar-refractivity contribution in [2.75, 3.05) is 11.9 Å². The van der Waals surface area contributed by atoms with Gasteiger partial charge in [-0.3, -0.25) is 0 Å². The van der Waals surface area contributed by atoms with E-state index in [-0.39, 0.29) is 12.4 Å². The summed E-state index contributed by atoms with van der Waals surface area (Å²) >= 11 is 3.32. The Balaban J connectivity index is 2.95. The highest BCUT2D eigenvalue weighted by molar-refractivity contribution is 9.09. The van der Waals surface area contributed by atoms with E-state index in [9.17, 15) is 13.6 Å². The van der Waals surface area contributed by atoms with Gasteiger partial charge in [-0.15, -0.1) is 0 Å². The number of carbonyl (C=O) groups is 1. The molecule has 0 saturated heterocycles. The minimum atomic E-state index is -1.39. The summed E-state index contributed by atoms with van der Waals surface area (Å²) in [7, 11) is 0. The van der Waals surface area contributed by atoms with E-state index in [2.05, 4.69) is 15.9 Å². The predicted octanol–water partition coefficient (Wildman–Crippen LogP) is 4.40. The molecule has 0 saturated carbocycles. The van der Waals surface area contributed by atoms with Crippen molar-refractivity contribution >= 4 is 21.9 Å². The van der Waals surface area contributed by atoms with E-state index in [1.807, 2.05) is 0 Å². The van der Waals surface area contributed by atoms with Gasteiger partial charge in [-0.25, -0.2) is 9.18 Å². The van der Waals surface area contributed by atoms with E-state index in [0.29, 0.717) is 12.0 Å². The fraction of sp³-hybridized carbons (Fsp3) is 0.562. The van der Waals surface area contributed by atoms with Crippen LogP contribution in [0.4, 0.5) is 8.78 Å². The average Bonchev–Trinajstić information content (AvgIpc) is 2.44. The lowest BCUT2D eigenvalue weighted by atomic mass is 10.1. The van der Waals surface area contributed by atoms with Gasteiger partial charge >= 0.3 is 5.97 Å². The van der Waals surface area contributed by atoms with E-state index in [0.717, 1.165) is 24.2 Å². The van der Waals surface area contributed by atoms with Crippen LogP contribution in [0.15, 0.2) is 12.1 Å². The van der Waals surface area contributed by atoms with Gasteiger partial charge < -0.3 is 9.47 Å². The molecule has 3 nitrogen and oxygen atoms in total. The van der Waals surface area contributed by atoms with Gasteiger partial charge in [0.15, 0.2) is 17.2 Å². The fourth-order valence-corrected chi connectivity index (χ4v) is 2.28. The van der Waals surface area contributed by atoms with Gasteiger partial charge in [0.2, 0.25) is 5.82 Å². The van der Waals surface area contributed by atoms with E-state index in [4.69, 9.17) is 9.47 Å². The topological polar surface area (TPSA) is 35.5 Å². The molecule has 0 aliphatic rings. The SMILES string of the molecule is CCOC(=O)C(C)(C)Oc1cc(CCCCBr)cc(F)c1F. The Kier molecular flexibility index (Phi) is 7.26. The Bertz CT molecular complexity index is 518. The number of hydrogen-bond donors (Lipinski definition) is 0. The molecule has 0 atom stereocenters. The van der Waals surface area contributed by atoms with E-state index < -0.39 is 23.2 Å². The molecule has 0 spiro atoms. The van der Waals surface area contributed by atoms with Crippen LogP contribution in [0.1, 0.15) is 39.2 Å². The number of rotatable bonds is 8. The van der Waals surface area contributed by atoms with Gasteiger partial charge in [-0.05, 0) is 57.7 Å². The van der Waals surface area contributed by atoms with Crippen molar-refractivity contribution in [3.8, 4) is 5.75 Å². The smallest absolute Gasteiger partial charge is 0.349 e. The second kappa shape index (κ2) is 8.46. The molecule has 6 heteroatoms. The third-order valence-corrected chi connectivity index (χ3v) is 3.60. The molecule has 0 amide bonds. The number of halogens is 3. The minimum absolute atomic E-state index is 0.190. The largest absolute Gasteiger partial charge is 0.473 e. The molecule has 1 aromatic rings. The average molecular weight is 379 g/mol. The first-order chi connectivity index (χ1) is 10.3. The van der Waals surface area contributed by atoms with Crippen molar-refractivity contribution < 1.29 is 23.0 Å². The first-order valence-electron chi connectivity index (χ1n) is 7.22. The lowest BCUT2D eigenvalue weighted by Gasteiger charge is -2.24. The van der Waals surface area contributed by atoms with Gasteiger partial charge in [0.25, 0.3) is 0 Å². The standard InChI is InChI=1S/C16H21BrF2O3/c1-4-21-15(20)16(2,3)22-13-10-11(7-5-6-8-17)9-12(18)14(13)19/h9-10H,4-8H2,1-3H3. The zero-order valence-corrected chi connectivity index (χ0v) is 14.6. The minimum Gasteiger partial charge on any atom is -0.473 e. The number of alkyl halides is 1. The van der Waals surface area contributed by atoms with E-state index >= 15 is 0 Å². The van der Waals surface area contributed by atoms with Crippen molar-refractivity contribution in [3.63, 3.8) is 0 Å². The van der Waals surface area contributed by atoms with Crippen molar-refractivity contribution in [1.82, 2.24) is 0 Å². The summed E-state index contributed by atoms with van der Waals surface area (Å²) in [5.74, 6) is -2.97. The second-order valence-electron chi connectivity index (χ2n) is 5.37. The van der Waals surface area contributed by atoms with Crippen LogP contribution in [0, 0.1) is 11.6 Å². The monoisotopic (exact) mass is 378 g/mol. The molecule has 0 heterocycles. The van der Waals surface area contributed by atoms with Crippen LogP contribution in [0.5, 0.6) is 5.75 Å². The lowest BCUT2D eigenvalue weighted by Crippen LogP contribution is -2.40. The van der Waals surface area contributed by atoms with Gasteiger partial charge in [0.05, 0.1) is 6.61 Å². The Morgan fingerprint density at radius 2 is 1.95 bits per heavy atom. The number of carbonyl (C=O) groups excluding carboxylic acids is 1. The lowest BCUT2D eigenvalue weighted by molar-refractivity contribution is -0.158. The molecule has 0 aliphatic heterocycles. The Morgan fingerprint density at radius 1 is 1.27 bits per heavy atom. The van der Waals surface area contributed by atoms with Crippen molar-refractivity contribution in [3.05, 3.63) is 29.3 Å². The molecule has 124 valence electrons. The molecule has 0 unspecified atom stereocenters. The highest BCUT2D eigenvalue weighted by atomic mass is 79.9. The molecule has 0 bridgehead atoms. The fourth-order valence-electron chi connectivity index (χ4n) is 1.88. The molecular weight excluding hydrogens is 358 g/mol. The summed E-state index contributed by atoms with van der Waals surface area (Å²) in [4.78, 5) is 11.8. The third-order valence-electron chi connectivity index (χ3n) is 3.04. The number of unbranched alkanes of at least 4 members (excludes halogenated alkanes) is 1. The van der Waals surface area contributed by atoms with Crippen LogP contribution in [0.3, 0.4) is 0 Å². The number of benzene rings is 1. The maximum atomic E-state index is 13.9. The Labute approximate surface area is 138 Å². The highest BCUT2D eigenvalue weighted by Crippen LogP contribution is 2.27. The van der Waals surface area contributed by atoms with E-state index in [1.165, 1.54) is 19.9 Å². The zero-order valence-electron chi connectivity index (χ0n) is 13.0. The second-order valence-corrected chi connectivity index (χ2v) is 6.16. The summed E-state index contributed by atoms with van der Waals surface area (Å²) in [5, 5.41) is 0.857. The zero-order chi connectivity index (χ0) is 16.8. The van der Waals surface area contributed by atoms with Crippen LogP contribution in [-0.2, 0) is 16.0 Å². The van der Waals surface area contributed by atoms with Gasteiger partial charge in [-0.2, -0.15) is 4.39 Å². The van der Waals surface area contributed by atoms with Gasteiger partial charge in [-0.1, -0.05) is 15.9 Å². The van der Waals surface area contributed by atoms with Crippen LogP contribution in [0.2, 0.25) is 0 Å². The molecule has 0 aromatic heterocycles. The van der Waals surface area contributed by atoms with Crippen LogP contribution < -0.4 is 4.74 Å². The molecule has 0 aliphatic carbocycles. The molecule has 1 rings (SSSR count). The molecule has 1 aromatic carbocycles. The Hall–Kier alpha value is -1.17. The first-order valence-corrected chi connectivity index (χ1v) is 8.34. The maximum Gasteiger partial charge on any atom is 0.349 e. The number of aryl methyl sites for hydroxylation is 1. The van der Waals surface area contributed by atoms with Gasteiger partial charge in [0, 0.05) is 5.33 Å². The summed E-state index contributed by atoms with van der Waals surface area (Å²) in [6.07, 6.45) is 2.39.